The number of benzene rings is 2. The van der Waals surface area contributed by atoms with Gasteiger partial charge in [-0.2, -0.15) is 5.06 Å². The average molecular weight is 314 g/mol. The molecule has 2 aromatic rings. The molecule has 0 spiro atoms. The molecule has 0 bridgehead atoms. The molecule has 0 aromatic heterocycles. The number of nitrogens with one attached hydrogen (secondary N) is 1. The van der Waals surface area contributed by atoms with Crippen LogP contribution in [0.25, 0.3) is 0 Å². The second-order valence-electron chi connectivity index (χ2n) is 5.29. The van der Waals surface area contributed by atoms with Gasteiger partial charge in [-0.1, -0.05) is 29.3 Å². The molecule has 0 unspecified atom stereocenters. The fourth-order valence-corrected chi connectivity index (χ4v) is 2.40. The minimum absolute atomic E-state index is 0.0604. The van der Waals surface area contributed by atoms with E-state index in [-0.39, 0.29) is 11.0 Å². The molecule has 0 atom stereocenters. The molecule has 0 heterocycles. The number of hydroxylamine groups is 1. The Labute approximate surface area is 135 Å². The molecule has 22 heavy (non-hydrogen) atoms. The molecule has 0 aliphatic carbocycles. The van der Waals surface area contributed by atoms with Crippen LogP contribution in [0, 0.1) is 20.8 Å². The van der Waals surface area contributed by atoms with Gasteiger partial charge >= 0.3 is 0 Å². The van der Waals surface area contributed by atoms with Crippen molar-refractivity contribution >= 4 is 28.9 Å². The molecule has 0 fully saturated rings. The number of nitrogens with zero attached hydrogens (tertiary/aromatic N) is 1. The first kappa shape index (κ1) is 16.1. The van der Waals surface area contributed by atoms with E-state index in [0.717, 1.165) is 21.8 Å². The summed E-state index contributed by atoms with van der Waals surface area (Å²) in [6.07, 6.45) is 0. The number of thiocarbonyl (C=S) groups is 1. The quantitative estimate of drug-likeness (QED) is 0.658. The third-order valence-electron chi connectivity index (χ3n) is 3.14. The number of aryl methyl sites for hydroxylation is 3. The average Bonchev–Trinajstić information content (AvgIpc) is 2.45. The van der Waals surface area contributed by atoms with E-state index in [1.54, 1.807) is 24.3 Å². The van der Waals surface area contributed by atoms with Crippen LogP contribution in [0.4, 0.5) is 5.69 Å². The summed E-state index contributed by atoms with van der Waals surface area (Å²) < 4.78 is 0. The summed E-state index contributed by atoms with van der Waals surface area (Å²) in [7, 11) is 0. The molecule has 4 nitrogen and oxygen atoms in total. The molecule has 0 aliphatic heterocycles. The largest absolute Gasteiger partial charge is 0.297 e. The topological polar surface area (TPSA) is 52.6 Å². The molecule has 5 heteroatoms. The Balaban J connectivity index is 2.12. The van der Waals surface area contributed by atoms with E-state index in [9.17, 15) is 10.0 Å². The highest BCUT2D eigenvalue weighted by Crippen LogP contribution is 2.14. The number of hydrogen-bond donors (Lipinski definition) is 2. The number of carbonyl (C=O) groups excluding carboxylic acids is 1. The van der Waals surface area contributed by atoms with E-state index in [2.05, 4.69) is 5.32 Å². The van der Waals surface area contributed by atoms with E-state index in [4.69, 9.17) is 12.2 Å². The summed E-state index contributed by atoms with van der Waals surface area (Å²) in [4.78, 5) is 12.2. The SMILES string of the molecule is Cc1cc(C)cc(C(=O)NC(=S)N(O)c2cccc(C)c2)c1. The number of rotatable bonds is 2. The van der Waals surface area contributed by atoms with Gasteiger partial charge in [0.05, 0.1) is 5.69 Å². The van der Waals surface area contributed by atoms with Gasteiger partial charge in [0.1, 0.15) is 0 Å². The Kier molecular flexibility index (Phi) is 4.90. The van der Waals surface area contributed by atoms with Gasteiger partial charge in [-0.15, -0.1) is 0 Å². The van der Waals surface area contributed by atoms with Crippen LogP contribution < -0.4 is 10.4 Å². The van der Waals surface area contributed by atoms with Crippen LogP contribution >= 0.6 is 12.2 Å². The molecule has 1 amide bonds. The first-order chi connectivity index (χ1) is 10.4. The summed E-state index contributed by atoms with van der Waals surface area (Å²) in [6, 6.07) is 12.7. The Morgan fingerprint density at radius 1 is 1.05 bits per heavy atom. The van der Waals surface area contributed by atoms with Crippen LogP contribution in [0.15, 0.2) is 42.5 Å². The van der Waals surface area contributed by atoms with Crippen molar-refractivity contribution in [2.75, 3.05) is 5.06 Å². The van der Waals surface area contributed by atoms with E-state index in [0.29, 0.717) is 11.3 Å². The van der Waals surface area contributed by atoms with Gasteiger partial charge in [0.25, 0.3) is 5.91 Å². The maximum Gasteiger partial charge on any atom is 0.257 e. The number of carbonyl (C=O) groups is 1. The predicted octanol–water partition coefficient (Wildman–Crippen LogP) is 3.52. The fraction of sp³-hybridized carbons (Fsp3) is 0.176. The Morgan fingerprint density at radius 2 is 1.68 bits per heavy atom. The standard InChI is InChI=1S/C17H18N2O2S/c1-11-5-4-6-15(10-11)19(21)17(22)18-16(20)14-8-12(2)7-13(3)9-14/h4-10,21H,1-3H3,(H,18,20,22). The Bertz CT molecular complexity index is 708. The van der Waals surface area contributed by atoms with Gasteiger partial charge in [-0.3, -0.25) is 15.3 Å². The van der Waals surface area contributed by atoms with Crippen molar-refractivity contribution in [3.8, 4) is 0 Å². The van der Waals surface area contributed by atoms with Crippen LogP contribution in [0.3, 0.4) is 0 Å². The van der Waals surface area contributed by atoms with Gasteiger partial charge in [0.15, 0.2) is 0 Å². The lowest BCUT2D eigenvalue weighted by Gasteiger charge is -2.18. The van der Waals surface area contributed by atoms with Gasteiger partial charge < -0.3 is 0 Å². The molecular weight excluding hydrogens is 296 g/mol. The van der Waals surface area contributed by atoms with E-state index in [1.807, 2.05) is 39.0 Å². The molecule has 2 aromatic carbocycles. The Hall–Kier alpha value is -2.24. The predicted molar refractivity (Wildman–Crippen MR) is 91.4 cm³/mol. The molecule has 2 N–H and O–H groups in total. The summed E-state index contributed by atoms with van der Waals surface area (Å²) in [5, 5.41) is 13.4. The highest BCUT2D eigenvalue weighted by Gasteiger charge is 2.14. The highest BCUT2D eigenvalue weighted by atomic mass is 32.1. The lowest BCUT2D eigenvalue weighted by atomic mass is 10.1. The van der Waals surface area contributed by atoms with Crippen molar-refractivity contribution in [2.45, 2.75) is 20.8 Å². The highest BCUT2D eigenvalue weighted by molar-refractivity contribution is 7.80. The second-order valence-corrected chi connectivity index (χ2v) is 5.67. The van der Waals surface area contributed by atoms with Crippen LogP contribution in [0.5, 0.6) is 0 Å². The van der Waals surface area contributed by atoms with Gasteiger partial charge in [-0.25, -0.2) is 0 Å². The van der Waals surface area contributed by atoms with Crippen LogP contribution in [0.2, 0.25) is 0 Å². The smallest absolute Gasteiger partial charge is 0.257 e. The monoisotopic (exact) mass is 314 g/mol. The fourth-order valence-electron chi connectivity index (χ4n) is 2.20. The number of amides is 1. The third-order valence-corrected chi connectivity index (χ3v) is 3.42. The zero-order chi connectivity index (χ0) is 16.3. The Morgan fingerprint density at radius 3 is 2.27 bits per heavy atom. The molecule has 2 rings (SSSR count). The minimum atomic E-state index is -0.344. The molecule has 0 saturated heterocycles. The zero-order valence-corrected chi connectivity index (χ0v) is 13.6. The molecular formula is C17H18N2O2S. The van der Waals surface area contributed by atoms with Crippen molar-refractivity contribution in [2.24, 2.45) is 0 Å². The number of anilines is 1. The molecule has 0 radical (unpaired) electrons. The zero-order valence-electron chi connectivity index (χ0n) is 12.8. The van der Waals surface area contributed by atoms with Crippen molar-refractivity contribution in [1.29, 1.82) is 0 Å². The lowest BCUT2D eigenvalue weighted by Crippen LogP contribution is -2.41. The van der Waals surface area contributed by atoms with Gasteiger partial charge in [0.2, 0.25) is 5.11 Å². The summed E-state index contributed by atoms with van der Waals surface area (Å²) in [5.41, 5.74) is 3.99. The number of hydrogen-bond acceptors (Lipinski definition) is 3. The van der Waals surface area contributed by atoms with E-state index in [1.165, 1.54) is 0 Å². The molecule has 0 saturated carbocycles. The van der Waals surface area contributed by atoms with Crippen molar-refractivity contribution in [3.05, 3.63) is 64.7 Å². The van der Waals surface area contributed by atoms with Crippen molar-refractivity contribution < 1.29 is 10.0 Å². The van der Waals surface area contributed by atoms with Crippen LogP contribution in [-0.2, 0) is 0 Å². The summed E-state index contributed by atoms with van der Waals surface area (Å²) in [5.74, 6) is -0.344. The van der Waals surface area contributed by atoms with E-state index >= 15 is 0 Å². The second kappa shape index (κ2) is 6.68. The van der Waals surface area contributed by atoms with Crippen molar-refractivity contribution in [3.63, 3.8) is 0 Å². The maximum atomic E-state index is 12.2. The van der Waals surface area contributed by atoms with Gasteiger partial charge in [0, 0.05) is 5.56 Å². The summed E-state index contributed by atoms with van der Waals surface area (Å²) >= 11 is 5.09. The van der Waals surface area contributed by atoms with Gasteiger partial charge in [-0.05, 0) is 62.8 Å². The third kappa shape index (κ3) is 3.90. The summed E-state index contributed by atoms with van der Waals surface area (Å²) in [6.45, 7) is 5.76. The first-order valence-corrected chi connectivity index (χ1v) is 7.27. The van der Waals surface area contributed by atoms with Crippen LogP contribution in [0.1, 0.15) is 27.0 Å². The van der Waals surface area contributed by atoms with Crippen LogP contribution in [-0.4, -0.2) is 16.2 Å². The minimum Gasteiger partial charge on any atom is -0.297 e. The van der Waals surface area contributed by atoms with Crippen molar-refractivity contribution in [1.82, 2.24) is 5.32 Å². The van der Waals surface area contributed by atoms with E-state index < -0.39 is 0 Å². The normalized spacial score (nSPS) is 10.2. The first-order valence-electron chi connectivity index (χ1n) is 6.86. The molecule has 0 aliphatic rings. The molecule has 114 valence electrons. The lowest BCUT2D eigenvalue weighted by molar-refractivity contribution is 0.0974. The maximum absolute atomic E-state index is 12.2.